The predicted molar refractivity (Wildman–Crippen MR) is 141 cm³/mol. The van der Waals surface area contributed by atoms with Gasteiger partial charge >= 0.3 is 0 Å². The first-order valence-electron chi connectivity index (χ1n) is 11.8. The number of rotatable bonds is 8. The fourth-order valence-corrected chi connectivity index (χ4v) is 5.06. The smallest absolute Gasteiger partial charge is 0.191 e. The molecule has 0 aliphatic carbocycles. The van der Waals surface area contributed by atoms with Crippen LogP contribution in [0.15, 0.2) is 42.3 Å². The molecule has 0 spiro atoms. The number of aryl methyl sites for hydroxylation is 1. The van der Waals surface area contributed by atoms with Crippen molar-refractivity contribution in [2.45, 2.75) is 32.7 Å². The van der Waals surface area contributed by atoms with Gasteiger partial charge in [-0.1, -0.05) is 19.6 Å². The van der Waals surface area contributed by atoms with Crippen molar-refractivity contribution >= 4 is 34.6 Å². The number of halogens is 1. The molecule has 1 fully saturated rings. The van der Waals surface area contributed by atoms with Crippen molar-refractivity contribution in [3.8, 4) is 11.3 Å². The molecule has 0 radical (unpaired) electrons. The van der Waals surface area contributed by atoms with Gasteiger partial charge in [0.15, 0.2) is 5.13 Å². The lowest BCUT2D eigenvalue weighted by Gasteiger charge is -2.24. The molecule has 3 aromatic rings. The highest BCUT2D eigenvalue weighted by Crippen LogP contribution is 2.34. The number of imidazole rings is 1. The molecule has 1 N–H and O–H groups in total. The van der Waals surface area contributed by atoms with Gasteiger partial charge in [-0.2, -0.15) is 0 Å². The lowest BCUT2D eigenvalue weighted by molar-refractivity contribution is 0.258. The number of anilines is 2. The molecule has 180 valence electrons. The fourth-order valence-electron chi connectivity index (χ4n) is 4.26. The van der Waals surface area contributed by atoms with Gasteiger partial charge in [-0.05, 0) is 63.2 Å². The molecule has 1 aromatic carbocycles. The molecule has 6 nitrogen and oxygen atoms in total. The van der Waals surface area contributed by atoms with E-state index in [4.69, 9.17) is 9.97 Å². The molecule has 1 unspecified atom stereocenters. The van der Waals surface area contributed by atoms with Crippen LogP contribution in [0.4, 0.5) is 15.3 Å². The van der Waals surface area contributed by atoms with Crippen molar-refractivity contribution in [3.05, 3.63) is 59.6 Å². The van der Waals surface area contributed by atoms with Crippen LogP contribution >= 0.6 is 11.3 Å². The van der Waals surface area contributed by atoms with E-state index >= 15 is 0 Å². The van der Waals surface area contributed by atoms with Gasteiger partial charge < -0.3 is 10.2 Å². The fraction of sp³-hybridized carbons (Fsp3) is 0.385. The molecule has 4 rings (SSSR count). The number of thiazole rings is 1. The quantitative estimate of drug-likeness (QED) is 0.476. The summed E-state index contributed by atoms with van der Waals surface area (Å²) in [7, 11) is 2.00. The second-order valence-electron chi connectivity index (χ2n) is 8.47. The molecular formula is C26H33FN6S. The number of nitrogens with one attached hydrogen (secondary N) is 1. The Balaban J connectivity index is 1.59. The van der Waals surface area contributed by atoms with Gasteiger partial charge in [0.05, 0.1) is 11.4 Å². The maximum absolute atomic E-state index is 13.3. The molecule has 0 bridgehead atoms. The van der Waals surface area contributed by atoms with Crippen molar-refractivity contribution in [3.63, 3.8) is 0 Å². The summed E-state index contributed by atoms with van der Waals surface area (Å²) in [6.45, 7) is 12.7. The average molecular weight is 481 g/mol. The summed E-state index contributed by atoms with van der Waals surface area (Å²) in [4.78, 5) is 14.3. The Bertz CT molecular complexity index is 1120. The van der Waals surface area contributed by atoms with E-state index in [1.807, 2.05) is 23.2 Å². The molecule has 2 aromatic heterocycles. The van der Waals surface area contributed by atoms with Crippen LogP contribution in [-0.2, 0) is 6.42 Å². The summed E-state index contributed by atoms with van der Waals surface area (Å²) >= 11 is 1.55. The zero-order valence-corrected chi connectivity index (χ0v) is 21.0. The van der Waals surface area contributed by atoms with E-state index in [2.05, 4.69) is 47.7 Å². The van der Waals surface area contributed by atoms with Crippen LogP contribution in [0.1, 0.15) is 31.8 Å². The van der Waals surface area contributed by atoms with Gasteiger partial charge in [0.1, 0.15) is 17.5 Å². The Morgan fingerprint density at radius 2 is 2.03 bits per heavy atom. The monoisotopic (exact) mass is 480 g/mol. The highest BCUT2D eigenvalue weighted by molar-refractivity contribution is 7.14. The third kappa shape index (κ3) is 5.29. The van der Waals surface area contributed by atoms with Crippen LogP contribution in [0, 0.1) is 5.82 Å². The standard InChI is InChI=1S/C26H33FN6S/c1-5-22-25(31(4)26-30-23(18-34-26)20-9-11-21(27)12-10-20)33(6-2)24(29-22)13-8-19(3)32-16-7-14-28-15-17-32/h6,8-13,18-19,28H,2,5,7,14-17H2,1,3-4H3/b13-8-. The van der Waals surface area contributed by atoms with Gasteiger partial charge in [-0.3, -0.25) is 9.47 Å². The summed E-state index contributed by atoms with van der Waals surface area (Å²) in [5.74, 6) is 1.58. The number of benzene rings is 1. The van der Waals surface area contributed by atoms with Gasteiger partial charge in [0, 0.05) is 43.3 Å². The Morgan fingerprint density at radius 1 is 1.24 bits per heavy atom. The van der Waals surface area contributed by atoms with Crippen LogP contribution in [0.2, 0.25) is 0 Å². The van der Waals surface area contributed by atoms with Gasteiger partial charge in [0.25, 0.3) is 0 Å². The number of hydrogen-bond acceptors (Lipinski definition) is 6. The largest absolute Gasteiger partial charge is 0.315 e. The maximum Gasteiger partial charge on any atom is 0.191 e. The van der Waals surface area contributed by atoms with Crippen molar-refractivity contribution in [2.24, 2.45) is 0 Å². The van der Waals surface area contributed by atoms with E-state index in [-0.39, 0.29) is 5.82 Å². The summed E-state index contributed by atoms with van der Waals surface area (Å²) in [5, 5.41) is 6.31. The van der Waals surface area contributed by atoms with E-state index in [9.17, 15) is 4.39 Å². The average Bonchev–Trinajstić information content (AvgIpc) is 3.38. The topological polar surface area (TPSA) is 49.2 Å². The van der Waals surface area contributed by atoms with Crippen LogP contribution < -0.4 is 10.2 Å². The minimum Gasteiger partial charge on any atom is -0.315 e. The maximum atomic E-state index is 13.3. The minimum atomic E-state index is -0.249. The van der Waals surface area contributed by atoms with E-state index in [1.165, 1.54) is 18.6 Å². The van der Waals surface area contributed by atoms with E-state index < -0.39 is 0 Å². The molecule has 1 atom stereocenters. The first-order chi connectivity index (χ1) is 16.5. The molecule has 1 saturated heterocycles. The van der Waals surface area contributed by atoms with Gasteiger partial charge in [-0.25, -0.2) is 14.4 Å². The molecule has 0 saturated carbocycles. The molecule has 1 aliphatic heterocycles. The van der Waals surface area contributed by atoms with Crippen LogP contribution in [0.3, 0.4) is 0 Å². The molecular weight excluding hydrogens is 447 g/mol. The molecule has 0 amide bonds. The molecule has 3 heterocycles. The van der Waals surface area contributed by atoms with Crippen molar-refractivity contribution in [1.29, 1.82) is 0 Å². The Labute approximate surface area is 205 Å². The second-order valence-corrected chi connectivity index (χ2v) is 9.30. The molecule has 1 aliphatic rings. The van der Waals surface area contributed by atoms with Gasteiger partial charge in [0.2, 0.25) is 0 Å². The van der Waals surface area contributed by atoms with Crippen molar-refractivity contribution < 1.29 is 4.39 Å². The number of aromatic nitrogens is 3. The first kappa shape index (κ1) is 24.3. The lowest BCUT2D eigenvalue weighted by atomic mass is 10.2. The Morgan fingerprint density at radius 3 is 2.76 bits per heavy atom. The predicted octanol–water partition coefficient (Wildman–Crippen LogP) is 5.27. The third-order valence-corrected chi connectivity index (χ3v) is 7.13. The number of nitrogens with zero attached hydrogens (tertiary/aromatic N) is 5. The highest BCUT2D eigenvalue weighted by atomic mass is 32.1. The first-order valence-corrected chi connectivity index (χ1v) is 12.7. The summed E-state index contributed by atoms with van der Waals surface area (Å²) in [5.41, 5.74) is 2.72. The summed E-state index contributed by atoms with van der Waals surface area (Å²) in [6, 6.07) is 6.76. The summed E-state index contributed by atoms with van der Waals surface area (Å²) < 4.78 is 15.3. The zero-order valence-electron chi connectivity index (χ0n) is 20.2. The van der Waals surface area contributed by atoms with E-state index in [0.29, 0.717) is 6.04 Å². The van der Waals surface area contributed by atoms with Crippen molar-refractivity contribution in [2.75, 3.05) is 38.1 Å². The molecule has 34 heavy (non-hydrogen) atoms. The SMILES string of the molecule is C=Cn1c(/C=C\C(C)N2CCCNCC2)nc(CC)c1N(C)c1nc(-c2ccc(F)cc2)cs1. The Kier molecular flexibility index (Phi) is 7.92. The normalized spacial score (nSPS) is 16.0. The summed E-state index contributed by atoms with van der Waals surface area (Å²) in [6.07, 6.45) is 8.11. The minimum absolute atomic E-state index is 0.249. The number of hydrogen-bond donors (Lipinski definition) is 1. The highest BCUT2D eigenvalue weighted by Gasteiger charge is 2.21. The second kappa shape index (κ2) is 11.1. The van der Waals surface area contributed by atoms with Crippen LogP contribution in [0.25, 0.3) is 23.5 Å². The zero-order chi connectivity index (χ0) is 24.1. The van der Waals surface area contributed by atoms with Crippen molar-refractivity contribution in [1.82, 2.24) is 24.8 Å². The van der Waals surface area contributed by atoms with Crippen LogP contribution in [-0.4, -0.2) is 58.7 Å². The van der Waals surface area contributed by atoms with E-state index in [0.717, 1.165) is 66.3 Å². The van der Waals surface area contributed by atoms with E-state index in [1.54, 1.807) is 23.5 Å². The van der Waals surface area contributed by atoms with Gasteiger partial charge in [-0.15, -0.1) is 11.3 Å². The molecule has 8 heteroatoms. The Hall–Kier alpha value is -2.81. The lowest BCUT2D eigenvalue weighted by Crippen LogP contribution is -2.34. The third-order valence-electron chi connectivity index (χ3n) is 6.21. The van der Waals surface area contributed by atoms with Crippen LogP contribution in [0.5, 0.6) is 0 Å².